The maximum absolute atomic E-state index is 8.60. The van der Waals surface area contributed by atoms with Gasteiger partial charge in [-0.1, -0.05) is 0 Å². The summed E-state index contributed by atoms with van der Waals surface area (Å²) in [5, 5.41) is 17.1. The number of aliphatic hydroxyl groups excluding tert-OH is 2. The zero-order valence-electron chi connectivity index (χ0n) is 4.98. The van der Waals surface area contributed by atoms with Crippen molar-refractivity contribution < 1.29 is 14.9 Å². The zero-order valence-corrected chi connectivity index (χ0v) is 8.41. The van der Waals surface area contributed by atoms with Gasteiger partial charge in [0.2, 0.25) is 0 Å². The predicted molar refractivity (Wildman–Crippen MR) is 48.0 cm³/mol. The molecule has 3 nitrogen and oxygen atoms in total. The molecule has 1 aliphatic heterocycles. The van der Waals surface area contributed by atoms with Gasteiger partial charge in [-0.05, 0) is 12.2 Å². The minimum absolute atomic E-state index is 0. The van der Waals surface area contributed by atoms with Gasteiger partial charge < -0.3 is 14.9 Å². The van der Waals surface area contributed by atoms with Crippen LogP contribution in [0.5, 0.6) is 0 Å². The van der Waals surface area contributed by atoms with Crippen molar-refractivity contribution in [3.8, 4) is 0 Å². The molecule has 5 heteroatoms. The second-order valence-electron chi connectivity index (χ2n) is 1.40. The maximum atomic E-state index is 8.60. The summed E-state index contributed by atoms with van der Waals surface area (Å²) in [4.78, 5) is 0. The van der Waals surface area contributed by atoms with Gasteiger partial charge in [0.1, 0.15) is 6.61 Å². The number of rotatable bonds is 0. The lowest BCUT2D eigenvalue weighted by Crippen LogP contribution is -1.99. The van der Waals surface area contributed by atoms with E-state index < -0.39 is 5.95 Å². The molecule has 0 aromatic heterocycles. The van der Waals surface area contributed by atoms with E-state index in [1.54, 1.807) is 6.08 Å². The highest BCUT2D eigenvalue weighted by molar-refractivity contribution is 8.93. The Morgan fingerprint density at radius 2 is 1.90 bits per heavy atom. The topological polar surface area (TPSA) is 49.7 Å². The Kier molecular flexibility index (Phi) is 7.02. The van der Waals surface area contributed by atoms with E-state index in [9.17, 15) is 0 Å². The van der Waals surface area contributed by atoms with Gasteiger partial charge in [0.25, 0.3) is 0 Å². The first kappa shape index (κ1) is 12.5. The Morgan fingerprint density at radius 1 is 1.30 bits per heavy atom. The fourth-order valence-corrected chi connectivity index (χ4v) is 0.432. The minimum Gasteiger partial charge on any atom is -0.502 e. The quantitative estimate of drug-likeness (QED) is 0.711. The largest absolute Gasteiger partial charge is 0.502 e. The van der Waals surface area contributed by atoms with Crippen molar-refractivity contribution in [3.05, 3.63) is 23.9 Å². The van der Waals surface area contributed by atoms with E-state index in [0.717, 1.165) is 0 Å². The van der Waals surface area contributed by atoms with Gasteiger partial charge in [0, 0.05) is 0 Å². The molecule has 0 spiro atoms. The first-order valence-electron chi connectivity index (χ1n) is 2.22. The number of hydrogen-bond donors (Lipinski definition) is 2. The molecule has 0 amide bonds. The van der Waals surface area contributed by atoms with E-state index in [2.05, 4.69) is 4.74 Å². The van der Waals surface area contributed by atoms with Crippen LogP contribution in [0.2, 0.25) is 0 Å². The number of hydrogen-bond acceptors (Lipinski definition) is 3. The molecule has 0 aliphatic carbocycles. The summed E-state index contributed by atoms with van der Waals surface area (Å²) in [6, 6.07) is 0. The molecule has 0 aromatic carbocycles. The summed E-state index contributed by atoms with van der Waals surface area (Å²) in [7, 11) is 0. The molecule has 0 saturated heterocycles. The van der Waals surface area contributed by atoms with Gasteiger partial charge in [0.05, 0.1) is 0 Å². The van der Waals surface area contributed by atoms with Crippen molar-refractivity contribution in [3.63, 3.8) is 0 Å². The molecule has 0 fully saturated rings. The Balaban J connectivity index is 0. The molecule has 60 valence electrons. The van der Waals surface area contributed by atoms with Crippen molar-refractivity contribution in [2.24, 2.45) is 0 Å². The fourth-order valence-electron chi connectivity index (χ4n) is 0.432. The summed E-state index contributed by atoms with van der Waals surface area (Å²) in [5.74, 6) is -0.608. The Morgan fingerprint density at radius 3 is 2.20 bits per heavy atom. The third-order valence-corrected chi connectivity index (χ3v) is 0.811. The number of halogens is 2. The number of aliphatic hydroxyl groups is 2. The van der Waals surface area contributed by atoms with Crippen molar-refractivity contribution in [1.29, 1.82) is 0 Å². The first-order chi connectivity index (χ1) is 3.80. The van der Waals surface area contributed by atoms with Crippen molar-refractivity contribution in [1.82, 2.24) is 0 Å². The molecular weight excluding hydrogens is 268 g/mol. The number of ether oxygens (including phenoxy) is 1. The van der Waals surface area contributed by atoms with Crippen LogP contribution in [0.4, 0.5) is 0 Å². The number of allylic oxidation sites excluding steroid dienone is 1. The summed E-state index contributed by atoms with van der Waals surface area (Å²) in [6.07, 6.45) is 2.99. The van der Waals surface area contributed by atoms with Crippen LogP contribution < -0.4 is 0 Å². The molecule has 1 aliphatic rings. The monoisotopic (exact) mass is 274 g/mol. The molecule has 0 unspecified atom stereocenters. The second-order valence-corrected chi connectivity index (χ2v) is 1.40. The highest BCUT2D eigenvalue weighted by Crippen LogP contribution is 2.05. The fraction of sp³-hybridized carbons (Fsp3) is 0.200. The predicted octanol–water partition coefficient (Wildman–Crippen LogP) is 2.01. The van der Waals surface area contributed by atoms with Gasteiger partial charge >= 0.3 is 5.95 Å². The molecule has 0 radical (unpaired) electrons. The van der Waals surface area contributed by atoms with Crippen LogP contribution in [-0.2, 0) is 4.74 Å². The molecule has 1 rings (SSSR count). The summed E-state index contributed by atoms with van der Waals surface area (Å²) >= 11 is 0. The van der Waals surface area contributed by atoms with Gasteiger partial charge in [-0.3, -0.25) is 0 Å². The molecular formula is C5H8Br2O3. The van der Waals surface area contributed by atoms with Crippen molar-refractivity contribution >= 4 is 34.0 Å². The van der Waals surface area contributed by atoms with Crippen LogP contribution in [0.25, 0.3) is 0 Å². The highest BCUT2D eigenvalue weighted by Gasteiger charge is 2.03. The minimum atomic E-state index is -0.396. The van der Waals surface area contributed by atoms with E-state index in [4.69, 9.17) is 10.2 Å². The Hall–Kier alpha value is -0.160. The molecule has 0 atom stereocenters. The average Bonchev–Trinajstić information content (AvgIpc) is 1.77. The Labute approximate surface area is 79.5 Å². The van der Waals surface area contributed by atoms with Crippen molar-refractivity contribution in [2.45, 2.75) is 0 Å². The molecule has 0 bridgehead atoms. The van der Waals surface area contributed by atoms with E-state index in [0.29, 0.717) is 6.61 Å². The summed E-state index contributed by atoms with van der Waals surface area (Å²) in [6.45, 7) is 0.329. The van der Waals surface area contributed by atoms with E-state index in [1.165, 1.54) is 6.08 Å². The van der Waals surface area contributed by atoms with E-state index >= 15 is 0 Å². The average molecular weight is 276 g/mol. The van der Waals surface area contributed by atoms with Crippen LogP contribution in [-0.4, -0.2) is 16.8 Å². The Bertz CT molecular complexity index is 153. The normalized spacial score (nSPS) is 14.8. The molecule has 1 heterocycles. The molecule has 10 heavy (non-hydrogen) atoms. The highest BCUT2D eigenvalue weighted by atomic mass is 79.9. The third-order valence-electron chi connectivity index (χ3n) is 0.811. The maximum Gasteiger partial charge on any atom is 0.321 e. The van der Waals surface area contributed by atoms with Gasteiger partial charge in [-0.25, -0.2) is 0 Å². The standard InChI is InChI=1S/C5H6O3.2BrH/c6-4-2-1-3-8-5(4)7;;/h1-2,6-7H,3H2;2*1H. The van der Waals surface area contributed by atoms with Crippen molar-refractivity contribution in [2.75, 3.05) is 6.61 Å². The third kappa shape index (κ3) is 3.12. The van der Waals surface area contributed by atoms with Crippen LogP contribution in [0.15, 0.2) is 23.9 Å². The second kappa shape index (κ2) is 5.61. The van der Waals surface area contributed by atoms with Gasteiger partial charge in [0.15, 0.2) is 5.76 Å². The summed E-state index contributed by atoms with van der Waals surface area (Å²) < 4.78 is 4.49. The van der Waals surface area contributed by atoms with Crippen LogP contribution in [0, 0.1) is 0 Å². The molecule has 0 aromatic rings. The van der Waals surface area contributed by atoms with Gasteiger partial charge in [-0.2, -0.15) is 0 Å². The van der Waals surface area contributed by atoms with Crippen LogP contribution >= 0.6 is 34.0 Å². The molecule has 0 saturated carbocycles. The SMILES string of the molecule is Br.Br.OC1=C(O)OCC=C1. The van der Waals surface area contributed by atoms with Crippen LogP contribution in [0.3, 0.4) is 0 Å². The first-order valence-corrected chi connectivity index (χ1v) is 2.22. The van der Waals surface area contributed by atoms with E-state index in [-0.39, 0.29) is 39.7 Å². The smallest absolute Gasteiger partial charge is 0.321 e. The summed E-state index contributed by atoms with van der Waals surface area (Å²) in [5.41, 5.74) is 0. The van der Waals surface area contributed by atoms with E-state index in [1.807, 2.05) is 0 Å². The van der Waals surface area contributed by atoms with Crippen LogP contribution in [0.1, 0.15) is 0 Å². The lowest BCUT2D eigenvalue weighted by molar-refractivity contribution is 0.0885. The van der Waals surface area contributed by atoms with Gasteiger partial charge in [-0.15, -0.1) is 34.0 Å². The zero-order chi connectivity index (χ0) is 5.98. The lowest BCUT2D eigenvalue weighted by atomic mass is 10.4. The molecule has 2 N–H and O–H groups in total. The lowest BCUT2D eigenvalue weighted by Gasteiger charge is -2.05.